The molecular weight excluding hydrogens is 468 g/mol. The number of oxazole rings is 1. The summed E-state index contributed by atoms with van der Waals surface area (Å²) in [6.07, 6.45) is 9.13. The Morgan fingerprint density at radius 1 is 0.711 bits per heavy atom. The number of nitrogens with zero attached hydrogens (tertiary/aromatic N) is 2. The Labute approximate surface area is 218 Å². The van der Waals surface area contributed by atoms with Gasteiger partial charge in [0.2, 0.25) is 0 Å². The third-order valence-corrected chi connectivity index (χ3v) is 8.93. The van der Waals surface area contributed by atoms with Crippen molar-refractivity contribution in [3.63, 3.8) is 0 Å². The summed E-state index contributed by atoms with van der Waals surface area (Å²) in [5.41, 5.74) is 8.34. The Bertz CT molecular complexity index is 2180. The lowest BCUT2D eigenvalue weighted by Gasteiger charge is -2.29. The molecular formula is C34H24N2O2. The smallest absolute Gasteiger partial charge is 0.307 e. The predicted octanol–water partition coefficient (Wildman–Crippen LogP) is 8.94. The summed E-state index contributed by atoms with van der Waals surface area (Å²) in [5.74, 6) is 0.870. The van der Waals surface area contributed by atoms with Gasteiger partial charge < -0.3 is 8.83 Å². The molecule has 2 aliphatic rings. The Morgan fingerprint density at radius 2 is 1.53 bits per heavy atom. The molecule has 0 spiro atoms. The average molecular weight is 493 g/mol. The molecule has 4 nitrogen and oxygen atoms in total. The molecule has 0 bridgehead atoms. The molecule has 0 amide bonds. The Balaban J connectivity index is 1.33. The zero-order chi connectivity index (χ0) is 25.2. The van der Waals surface area contributed by atoms with Crippen molar-refractivity contribution >= 4 is 54.8 Å². The minimum Gasteiger partial charge on any atom is -0.456 e. The lowest BCUT2D eigenvalue weighted by molar-refractivity contribution is 0.394. The summed E-state index contributed by atoms with van der Waals surface area (Å²) >= 11 is 0. The Morgan fingerprint density at radius 3 is 2.45 bits per heavy atom. The van der Waals surface area contributed by atoms with Crippen LogP contribution in [0.15, 0.2) is 106 Å². The van der Waals surface area contributed by atoms with Gasteiger partial charge in [0.15, 0.2) is 5.58 Å². The van der Waals surface area contributed by atoms with Gasteiger partial charge in [0.05, 0.1) is 11.0 Å². The molecule has 0 fully saturated rings. The molecule has 0 saturated heterocycles. The second-order valence-electron chi connectivity index (χ2n) is 11.3. The average Bonchev–Trinajstić information content (AvgIpc) is 3.65. The van der Waals surface area contributed by atoms with Gasteiger partial charge >= 0.3 is 6.01 Å². The maximum atomic E-state index is 6.51. The highest BCUT2D eigenvalue weighted by atomic mass is 16.4. The normalized spacial score (nSPS) is 19.8. The van der Waals surface area contributed by atoms with Crippen molar-refractivity contribution < 1.29 is 8.83 Å². The number of fused-ring (bicyclic) bond motifs is 10. The van der Waals surface area contributed by atoms with Gasteiger partial charge in [0, 0.05) is 33.5 Å². The number of benzene rings is 4. The van der Waals surface area contributed by atoms with E-state index in [0.717, 1.165) is 44.1 Å². The molecule has 3 heterocycles. The molecule has 182 valence electrons. The van der Waals surface area contributed by atoms with Gasteiger partial charge in [-0.2, -0.15) is 4.98 Å². The summed E-state index contributed by atoms with van der Waals surface area (Å²) < 4.78 is 14.8. The maximum absolute atomic E-state index is 6.51. The van der Waals surface area contributed by atoms with Crippen molar-refractivity contribution in [3.8, 4) is 6.01 Å². The molecule has 4 aromatic carbocycles. The lowest BCUT2D eigenvalue weighted by Crippen LogP contribution is -2.24. The summed E-state index contributed by atoms with van der Waals surface area (Å²) in [6, 6.07) is 26.1. The van der Waals surface area contributed by atoms with Crippen molar-refractivity contribution in [2.75, 3.05) is 0 Å². The van der Waals surface area contributed by atoms with Crippen molar-refractivity contribution in [1.82, 2.24) is 9.55 Å². The zero-order valence-corrected chi connectivity index (χ0v) is 21.1. The van der Waals surface area contributed by atoms with Crippen molar-refractivity contribution in [2.45, 2.75) is 25.2 Å². The molecule has 0 saturated carbocycles. The van der Waals surface area contributed by atoms with Gasteiger partial charge in [-0.1, -0.05) is 74.5 Å². The van der Waals surface area contributed by atoms with Gasteiger partial charge in [-0.15, -0.1) is 0 Å². The monoisotopic (exact) mass is 492 g/mol. The van der Waals surface area contributed by atoms with Crippen LogP contribution in [-0.2, 0) is 5.41 Å². The second-order valence-corrected chi connectivity index (χ2v) is 11.3. The summed E-state index contributed by atoms with van der Waals surface area (Å²) in [4.78, 5) is 4.99. The van der Waals surface area contributed by atoms with Gasteiger partial charge in [0.25, 0.3) is 0 Å². The highest BCUT2D eigenvalue weighted by Gasteiger charge is 2.45. The number of aromatic nitrogens is 2. The van der Waals surface area contributed by atoms with E-state index in [2.05, 4.69) is 91.2 Å². The number of rotatable bonds is 1. The first-order valence-electron chi connectivity index (χ1n) is 13.2. The molecule has 0 radical (unpaired) electrons. The fourth-order valence-corrected chi connectivity index (χ4v) is 7.07. The fourth-order valence-electron chi connectivity index (χ4n) is 7.07. The van der Waals surface area contributed by atoms with Crippen LogP contribution in [-0.4, -0.2) is 9.55 Å². The van der Waals surface area contributed by atoms with E-state index >= 15 is 0 Å². The number of para-hydroxylation sites is 2. The summed E-state index contributed by atoms with van der Waals surface area (Å²) in [5, 5.41) is 4.58. The standard InChI is InChI=1S/C34H24N2O2/c1-34(2)25-12-6-3-9-19(25)22-15-23-20-10-4-7-13-28(20)36(29(23)17-26(22)34)33-35-27-18-31-24(16-32(27)38-33)21-11-5-8-14-30(21)37-31/h3-19,25H,1-2H3. The van der Waals surface area contributed by atoms with E-state index in [1.807, 2.05) is 24.3 Å². The van der Waals surface area contributed by atoms with Crippen LogP contribution in [0.2, 0.25) is 0 Å². The highest BCUT2D eigenvalue weighted by molar-refractivity contribution is 6.11. The number of furan rings is 1. The maximum Gasteiger partial charge on any atom is 0.307 e. The largest absolute Gasteiger partial charge is 0.456 e. The van der Waals surface area contributed by atoms with Crippen LogP contribution in [0.3, 0.4) is 0 Å². The van der Waals surface area contributed by atoms with Crippen molar-refractivity contribution in [3.05, 3.63) is 108 Å². The second kappa shape index (κ2) is 6.84. The van der Waals surface area contributed by atoms with Gasteiger partial charge in [-0.05, 0) is 52.8 Å². The lowest BCUT2D eigenvalue weighted by atomic mass is 9.74. The predicted molar refractivity (Wildman–Crippen MR) is 153 cm³/mol. The molecule has 7 aromatic rings. The minimum atomic E-state index is 0.0313. The topological polar surface area (TPSA) is 44.1 Å². The van der Waals surface area contributed by atoms with Crippen LogP contribution >= 0.6 is 0 Å². The van der Waals surface area contributed by atoms with Crippen LogP contribution < -0.4 is 0 Å². The molecule has 9 rings (SSSR count). The number of allylic oxidation sites excluding steroid dienone is 4. The molecule has 2 atom stereocenters. The van der Waals surface area contributed by atoms with E-state index in [4.69, 9.17) is 13.8 Å². The number of hydrogen-bond acceptors (Lipinski definition) is 3. The van der Waals surface area contributed by atoms with E-state index in [0.29, 0.717) is 17.9 Å². The zero-order valence-electron chi connectivity index (χ0n) is 21.1. The summed E-state index contributed by atoms with van der Waals surface area (Å²) in [7, 11) is 0. The molecule has 2 aliphatic carbocycles. The third-order valence-electron chi connectivity index (χ3n) is 8.93. The van der Waals surface area contributed by atoms with E-state index in [1.165, 1.54) is 21.9 Å². The van der Waals surface area contributed by atoms with Crippen LogP contribution in [0.5, 0.6) is 0 Å². The van der Waals surface area contributed by atoms with E-state index in [9.17, 15) is 0 Å². The first kappa shape index (κ1) is 20.5. The van der Waals surface area contributed by atoms with Crippen LogP contribution in [0, 0.1) is 5.92 Å². The molecule has 38 heavy (non-hydrogen) atoms. The van der Waals surface area contributed by atoms with Crippen LogP contribution in [0.25, 0.3) is 60.9 Å². The fraction of sp³-hybridized carbons (Fsp3) is 0.147. The molecule has 3 aromatic heterocycles. The first-order chi connectivity index (χ1) is 18.6. The van der Waals surface area contributed by atoms with E-state index in [-0.39, 0.29) is 5.41 Å². The molecule has 0 aliphatic heterocycles. The van der Waals surface area contributed by atoms with Gasteiger partial charge in [-0.25, -0.2) is 0 Å². The SMILES string of the molecule is CC1(C)c2cc3c(cc2C2C=CC=CC21)c1ccccc1n3-c1nc2cc3oc4ccccc4c3cc2o1. The van der Waals surface area contributed by atoms with Crippen LogP contribution in [0.4, 0.5) is 0 Å². The first-order valence-corrected chi connectivity index (χ1v) is 13.2. The van der Waals surface area contributed by atoms with Gasteiger partial charge in [0.1, 0.15) is 16.7 Å². The van der Waals surface area contributed by atoms with E-state index in [1.54, 1.807) is 0 Å². The van der Waals surface area contributed by atoms with E-state index < -0.39 is 0 Å². The van der Waals surface area contributed by atoms with Gasteiger partial charge in [-0.3, -0.25) is 4.57 Å². The number of hydrogen-bond donors (Lipinski definition) is 0. The summed E-state index contributed by atoms with van der Waals surface area (Å²) in [6.45, 7) is 4.75. The van der Waals surface area contributed by atoms with Crippen molar-refractivity contribution in [2.24, 2.45) is 5.92 Å². The molecule has 4 heteroatoms. The quantitative estimate of drug-likeness (QED) is 0.230. The van der Waals surface area contributed by atoms with Crippen LogP contribution in [0.1, 0.15) is 30.9 Å². The molecule has 2 unspecified atom stereocenters. The Hall–Kier alpha value is -4.57. The van der Waals surface area contributed by atoms with Crippen molar-refractivity contribution in [1.29, 1.82) is 0 Å². The Kier molecular flexibility index (Phi) is 3.69. The third kappa shape index (κ3) is 2.48. The minimum absolute atomic E-state index is 0.0313. The molecule has 0 N–H and O–H groups in total. The highest BCUT2D eigenvalue weighted by Crippen LogP contribution is 2.54.